The van der Waals surface area contributed by atoms with Crippen molar-refractivity contribution in [2.75, 3.05) is 0 Å². The van der Waals surface area contributed by atoms with Crippen molar-refractivity contribution < 1.29 is 8.62 Å². The monoisotopic (exact) mass is 192 g/mol. The SMILES string of the molecule is CCC/C=C/C(=O)OBr. The lowest BCUT2D eigenvalue weighted by atomic mass is 10.3. The number of rotatable bonds is 3. The Hall–Kier alpha value is -0.310. The highest BCUT2D eigenvalue weighted by Crippen LogP contribution is 1.91. The zero-order valence-electron chi connectivity index (χ0n) is 5.26. The van der Waals surface area contributed by atoms with E-state index in [4.69, 9.17) is 0 Å². The number of carbonyl (C=O) groups is 1. The van der Waals surface area contributed by atoms with Gasteiger partial charge in [-0.2, -0.15) is 0 Å². The zero-order valence-corrected chi connectivity index (χ0v) is 6.85. The lowest BCUT2D eigenvalue weighted by Crippen LogP contribution is -1.87. The second kappa shape index (κ2) is 5.82. The molecule has 0 radical (unpaired) electrons. The van der Waals surface area contributed by atoms with Gasteiger partial charge in [-0.05, 0) is 6.42 Å². The Kier molecular flexibility index (Phi) is 5.62. The van der Waals surface area contributed by atoms with Crippen LogP contribution in [-0.4, -0.2) is 5.97 Å². The molecule has 0 aliphatic carbocycles. The predicted molar refractivity (Wildman–Crippen MR) is 39.1 cm³/mol. The van der Waals surface area contributed by atoms with Crippen molar-refractivity contribution in [1.29, 1.82) is 0 Å². The summed E-state index contributed by atoms with van der Waals surface area (Å²) in [5.41, 5.74) is 0. The third kappa shape index (κ3) is 5.56. The van der Waals surface area contributed by atoms with Crippen LogP contribution in [0.3, 0.4) is 0 Å². The minimum atomic E-state index is -0.358. The molecule has 52 valence electrons. The highest BCUT2D eigenvalue weighted by molar-refractivity contribution is 9.06. The molecule has 2 nitrogen and oxygen atoms in total. The van der Waals surface area contributed by atoms with Gasteiger partial charge in [-0.1, -0.05) is 19.4 Å². The second-order valence-corrected chi connectivity index (χ2v) is 1.91. The van der Waals surface area contributed by atoms with Gasteiger partial charge in [-0.25, -0.2) is 4.79 Å². The topological polar surface area (TPSA) is 26.3 Å². The molecule has 0 spiro atoms. The fourth-order valence-electron chi connectivity index (χ4n) is 0.372. The lowest BCUT2D eigenvalue weighted by Gasteiger charge is -1.84. The third-order valence-electron chi connectivity index (χ3n) is 0.785. The Morgan fingerprint density at radius 3 is 2.89 bits per heavy atom. The summed E-state index contributed by atoms with van der Waals surface area (Å²) in [5.74, 6) is -0.358. The summed E-state index contributed by atoms with van der Waals surface area (Å²) in [6.45, 7) is 2.05. The zero-order chi connectivity index (χ0) is 7.11. The van der Waals surface area contributed by atoms with E-state index in [0.717, 1.165) is 12.8 Å². The van der Waals surface area contributed by atoms with E-state index in [9.17, 15) is 4.79 Å². The van der Waals surface area contributed by atoms with Crippen LogP contribution in [0, 0.1) is 0 Å². The highest BCUT2D eigenvalue weighted by atomic mass is 79.9. The molecule has 0 unspecified atom stereocenters. The fourth-order valence-corrected chi connectivity index (χ4v) is 0.480. The summed E-state index contributed by atoms with van der Waals surface area (Å²) in [5, 5.41) is 0. The molecule has 0 saturated carbocycles. The van der Waals surface area contributed by atoms with Gasteiger partial charge in [0.25, 0.3) is 0 Å². The molecule has 0 bridgehead atoms. The van der Waals surface area contributed by atoms with Crippen LogP contribution in [0.1, 0.15) is 19.8 Å². The Morgan fingerprint density at radius 1 is 1.78 bits per heavy atom. The quantitative estimate of drug-likeness (QED) is 0.642. The molecule has 3 heteroatoms. The molecule has 0 fully saturated rings. The molecule has 0 aliphatic heterocycles. The first-order chi connectivity index (χ1) is 4.31. The number of halogens is 1. The van der Waals surface area contributed by atoms with E-state index in [-0.39, 0.29) is 5.97 Å². The molecule has 0 aromatic carbocycles. The van der Waals surface area contributed by atoms with Crippen LogP contribution in [-0.2, 0) is 8.62 Å². The van der Waals surface area contributed by atoms with Gasteiger partial charge in [-0.15, -0.1) is 0 Å². The number of carbonyl (C=O) groups excluding carboxylic acids is 1. The molecule has 0 aromatic heterocycles. The molecule has 9 heavy (non-hydrogen) atoms. The first-order valence-electron chi connectivity index (χ1n) is 2.80. The van der Waals surface area contributed by atoms with Crippen LogP contribution < -0.4 is 0 Å². The molecule has 0 aromatic rings. The minimum absolute atomic E-state index is 0.358. The second-order valence-electron chi connectivity index (χ2n) is 1.59. The van der Waals surface area contributed by atoms with Gasteiger partial charge >= 0.3 is 5.97 Å². The average molecular weight is 193 g/mol. The van der Waals surface area contributed by atoms with E-state index in [1.807, 2.05) is 6.92 Å². The summed E-state index contributed by atoms with van der Waals surface area (Å²) < 4.78 is 4.18. The Labute approximate surface area is 63.3 Å². The maximum atomic E-state index is 10.3. The predicted octanol–water partition coefficient (Wildman–Crippen LogP) is 2.20. The first kappa shape index (κ1) is 8.69. The van der Waals surface area contributed by atoms with Crippen molar-refractivity contribution in [3.8, 4) is 0 Å². The first-order valence-corrected chi connectivity index (χ1v) is 3.45. The standard InChI is InChI=1S/C6H9BrO2/c1-2-3-4-5-6(8)9-7/h4-5H,2-3H2,1H3/b5-4+. The van der Waals surface area contributed by atoms with Crippen LogP contribution in [0.25, 0.3) is 0 Å². The van der Waals surface area contributed by atoms with E-state index in [0.29, 0.717) is 0 Å². The molecular weight excluding hydrogens is 184 g/mol. The van der Waals surface area contributed by atoms with Crippen LogP contribution in [0.5, 0.6) is 0 Å². The molecule has 0 atom stereocenters. The summed E-state index contributed by atoms with van der Waals surface area (Å²) >= 11 is 2.57. The molecule has 0 aliphatic rings. The Balaban J connectivity index is 3.32. The van der Waals surface area contributed by atoms with Gasteiger partial charge in [0.1, 0.15) is 0 Å². The van der Waals surface area contributed by atoms with Crippen LogP contribution >= 0.6 is 16.3 Å². The van der Waals surface area contributed by atoms with E-state index in [2.05, 4.69) is 20.1 Å². The van der Waals surface area contributed by atoms with E-state index in [1.165, 1.54) is 6.08 Å². The number of hydrogen-bond acceptors (Lipinski definition) is 2. The molecule has 0 amide bonds. The van der Waals surface area contributed by atoms with Gasteiger partial charge < -0.3 is 3.83 Å². The molecule has 0 N–H and O–H groups in total. The number of hydrogen-bond donors (Lipinski definition) is 0. The summed E-state index contributed by atoms with van der Waals surface area (Å²) in [6, 6.07) is 0. The fraction of sp³-hybridized carbons (Fsp3) is 0.500. The van der Waals surface area contributed by atoms with Crippen molar-refractivity contribution in [3.05, 3.63) is 12.2 Å². The summed E-state index contributed by atoms with van der Waals surface area (Å²) in [6.07, 6.45) is 5.15. The minimum Gasteiger partial charge on any atom is -0.380 e. The third-order valence-corrected chi connectivity index (χ3v) is 1.10. The largest absolute Gasteiger partial charge is 0.380 e. The Morgan fingerprint density at radius 2 is 2.44 bits per heavy atom. The highest BCUT2D eigenvalue weighted by Gasteiger charge is 1.88. The van der Waals surface area contributed by atoms with Crippen LogP contribution in [0.2, 0.25) is 0 Å². The van der Waals surface area contributed by atoms with Gasteiger partial charge in [0.05, 0.1) is 0 Å². The maximum Gasteiger partial charge on any atom is 0.341 e. The number of allylic oxidation sites excluding steroid dienone is 1. The van der Waals surface area contributed by atoms with Gasteiger partial charge in [0.2, 0.25) is 0 Å². The van der Waals surface area contributed by atoms with E-state index in [1.54, 1.807) is 6.08 Å². The Bertz CT molecular complexity index is 110. The van der Waals surface area contributed by atoms with Crippen LogP contribution in [0.4, 0.5) is 0 Å². The van der Waals surface area contributed by atoms with Gasteiger partial charge in [0, 0.05) is 6.08 Å². The van der Waals surface area contributed by atoms with Crippen molar-refractivity contribution in [1.82, 2.24) is 0 Å². The normalized spacial score (nSPS) is 10.0. The summed E-state index contributed by atoms with van der Waals surface area (Å²) in [7, 11) is 0. The van der Waals surface area contributed by atoms with Crippen molar-refractivity contribution in [2.24, 2.45) is 0 Å². The maximum absolute atomic E-state index is 10.3. The average Bonchev–Trinajstić information content (AvgIpc) is 1.89. The number of unbranched alkanes of at least 4 members (excludes halogenated alkanes) is 1. The van der Waals surface area contributed by atoms with Crippen LogP contribution in [0.15, 0.2) is 12.2 Å². The molecular formula is C6H9BrO2. The van der Waals surface area contributed by atoms with E-state index < -0.39 is 0 Å². The molecule has 0 heterocycles. The lowest BCUT2D eigenvalue weighted by molar-refractivity contribution is -0.127. The van der Waals surface area contributed by atoms with Gasteiger partial charge in [0.15, 0.2) is 16.3 Å². The summed E-state index contributed by atoms with van der Waals surface area (Å²) in [4.78, 5) is 10.3. The van der Waals surface area contributed by atoms with Crippen molar-refractivity contribution in [3.63, 3.8) is 0 Å². The van der Waals surface area contributed by atoms with E-state index >= 15 is 0 Å². The molecule has 0 saturated heterocycles. The van der Waals surface area contributed by atoms with Crippen molar-refractivity contribution in [2.45, 2.75) is 19.8 Å². The van der Waals surface area contributed by atoms with Gasteiger partial charge in [-0.3, -0.25) is 0 Å². The van der Waals surface area contributed by atoms with Crippen molar-refractivity contribution >= 4 is 22.2 Å². The smallest absolute Gasteiger partial charge is 0.341 e. The molecule has 0 rings (SSSR count).